The number of carbonyl (C=O) groups is 4. The average Bonchev–Trinajstić information content (AvgIpc) is 2.91. The van der Waals surface area contributed by atoms with Crippen LogP contribution in [-0.2, 0) is 19.1 Å². The van der Waals surface area contributed by atoms with Crippen LogP contribution in [0.5, 0.6) is 0 Å². The van der Waals surface area contributed by atoms with E-state index in [0.717, 1.165) is 43.4 Å². The van der Waals surface area contributed by atoms with Crippen LogP contribution in [-0.4, -0.2) is 47.8 Å². The molecule has 7 heteroatoms. The summed E-state index contributed by atoms with van der Waals surface area (Å²) in [5.41, 5.74) is 0.749. The van der Waals surface area contributed by atoms with Crippen LogP contribution in [0.25, 0.3) is 0 Å². The number of amides is 3. The highest BCUT2D eigenvalue weighted by molar-refractivity contribution is 6.23. The summed E-state index contributed by atoms with van der Waals surface area (Å²) in [7, 11) is 1.30. The number of imide groups is 1. The minimum absolute atomic E-state index is 0.00351. The van der Waals surface area contributed by atoms with Gasteiger partial charge in [0.1, 0.15) is 6.04 Å². The topological polar surface area (TPSA) is 84.0 Å². The molecule has 2 aliphatic rings. The molecule has 1 unspecified atom stereocenters. The minimum Gasteiger partial charge on any atom is -0.465 e. The van der Waals surface area contributed by atoms with Crippen LogP contribution >= 0.6 is 0 Å². The molecule has 0 spiro atoms. The maximum Gasteiger partial charge on any atom is 0.337 e. The third-order valence-electron chi connectivity index (χ3n) is 5.98. The van der Waals surface area contributed by atoms with Gasteiger partial charge in [0.2, 0.25) is 11.8 Å². The molecule has 1 aliphatic heterocycles. The molecule has 1 saturated carbocycles. The highest BCUT2D eigenvalue weighted by atomic mass is 16.5. The SMILES string of the molecule is CCCC(=O)N(C1CCCCCC1)C1CC(=O)N(c2ccc(C(=O)OC)cc2)C1=O. The van der Waals surface area contributed by atoms with E-state index in [-0.39, 0.29) is 30.2 Å². The molecule has 3 amide bonds. The van der Waals surface area contributed by atoms with Crippen molar-refractivity contribution < 1.29 is 23.9 Å². The van der Waals surface area contributed by atoms with Crippen LogP contribution in [0, 0.1) is 0 Å². The fourth-order valence-electron chi connectivity index (χ4n) is 4.48. The first-order valence-electron chi connectivity index (χ1n) is 10.8. The van der Waals surface area contributed by atoms with Crippen molar-refractivity contribution in [3.63, 3.8) is 0 Å². The lowest BCUT2D eigenvalue weighted by Crippen LogP contribution is -2.50. The van der Waals surface area contributed by atoms with Gasteiger partial charge in [0.05, 0.1) is 24.8 Å². The van der Waals surface area contributed by atoms with E-state index in [1.54, 1.807) is 17.0 Å². The first-order valence-corrected chi connectivity index (χ1v) is 10.8. The number of carbonyl (C=O) groups excluding carboxylic acids is 4. The molecule has 162 valence electrons. The van der Waals surface area contributed by atoms with Gasteiger partial charge in [-0.25, -0.2) is 9.69 Å². The Morgan fingerprint density at radius 3 is 2.27 bits per heavy atom. The molecular formula is C23H30N2O5. The summed E-state index contributed by atoms with van der Waals surface area (Å²) >= 11 is 0. The average molecular weight is 415 g/mol. The second kappa shape index (κ2) is 9.87. The smallest absolute Gasteiger partial charge is 0.337 e. The van der Waals surface area contributed by atoms with Gasteiger partial charge in [0, 0.05) is 12.5 Å². The van der Waals surface area contributed by atoms with E-state index >= 15 is 0 Å². The monoisotopic (exact) mass is 414 g/mol. The first-order chi connectivity index (χ1) is 14.5. The van der Waals surface area contributed by atoms with Crippen molar-refractivity contribution >= 4 is 29.4 Å². The van der Waals surface area contributed by atoms with Crippen molar-refractivity contribution in [1.29, 1.82) is 0 Å². The zero-order valence-electron chi connectivity index (χ0n) is 17.8. The molecule has 3 rings (SSSR count). The fraction of sp³-hybridized carbons (Fsp3) is 0.565. The third-order valence-corrected chi connectivity index (χ3v) is 5.98. The number of hydrogen-bond acceptors (Lipinski definition) is 5. The number of nitrogens with zero attached hydrogens (tertiary/aromatic N) is 2. The standard InChI is InChI=1S/C23H30N2O5/c1-3-8-20(26)24(17-9-6-4-5-7-10-17)19-15-21(27)25(22(19)28)18-13-11-16(12-14-18)23(29)30-2/h11-14,17,19H,3-10,15H2,1-2H3. The van der Waals surface area contributed by atoms with E-state index < -0.39 is 12.0 Å². The van der Waals surface area contributed by atoms with E-state index in [9.17, 15) is 19.2 Å². The number of benzene rings is 1. The van der Waals surface area contributed by atoms with Crippen LogP contribution < -0.4 is 4.90 Å². The summed E-state index contributed by atoms with van der Waals surface area (Å²) < 4.78 is 4.69. The zero-order valence-corrected chi connectivity index (χ0v) is 17.8. The molecule has 2 fully saturated rings. The Kier molecular flexibility index (Phi) is 7.24. The lowest BCUT2D eigenvalue weighted by atomic mass is 10.0. The van der Waals surface area contributed by atoms with Gasteiger partial charge < -0.3 is 9.64 Å². The summed E-state index contributed by atoms with van der Waals surface area (Å²) in [6, 6.07) is 5.44. The molecule has 7 nitrogen and oxygen atoms in total. The zero-order chi connectivity index (χ0) is 21.7. The number of anilines is 1. The van der Waals surface area contributed by atoms with E-state index in [2.05, 4.69) is 4.74 Å². The molecule has 1 aromatic carbocycles. The molecule has 30 heavy (non-hydrogen) atoms. The molecule has 0 N–H and O–H groups in total. The first kappa shape index (κ1) is 22.0. The van der Waals surface area contributed by atoms with E-state index in [1.165, 1.54) is 19.2 Å². The molecule has 1 saturated heterocycles. The predicted molar refractivity (Wildman–Crippen MR) is 112 cm³/mol. The summed E-state index contributed by atoms with van der Waals surface area (Å²) in [6.45, 7) is 1.94. The van der Waals surface area contributed by atoms with Crippen LogP contribution in [0.4, 0.5) is 5.69 Å². The van der Waals surface area contributed by atoms with E-state index in [1.807, 2.05) is 6.92 Å². The number of rotatable bonds is 6. The molecule has 0 radical (unpaired) electrons. The number of methoxy groups -OCH3 is 1. The fourth-order valence-corrected chi connectivity index (χ4v) is 4.48. The Labute approximate surface area is 177 Å². The summed E-state index contributed by atoms with van der Waals surface area (Å²) in [5, 5.41) is 0. The second-order valence-electron chi connectivity index (χ2n) is 8.02. The quantitative estimate of drug-likeness (QED) is 0.404. The van der Waals surface area contributed by atoms with Crippen molar-refractivity contribution in [1.82, 2.24) is 4.90 Å². The highest BCUT2D eigenvalue weighted by Crippen LogP contribution is 2.31. The number of ether oxygens (including phenoxy) is 1. The Morgan fingerprint density at radius 2 is 1.70 bits per heavy atom. The Bertz CT molecular complexity index is 796. The van der Waals surface area contributed by atoms with Crippen LogP contribution in [0.2, 0.25) is 0 Å². The number of hydrogen-bond donors (Lipinski definition) is 0. The van der Waals surface area contributed by atoms with Crippen molar-refractivity contribution in [3.05, 3.63) is 29.8 Å². The van der Waals surface area contributed by atoms with Gasteiger partial charge in [-0.3, -0.25) is 14.4 Å². The van der Waals surface area contributed by atoms with Crippen molar-refractivity contribution in [2.75, 3.05) is 12.0 Å². The molecule has 1 aliphatic carbocycles. The van der Waals surface area contributed by atoms with Gasteiger partial charge in [-0.2, -0.15) is 0 Å². The molecule has 0 bridgehead atoms. The van der Waals surface area contributed by atoms with Gasteiger partial charge in [-0.05, 0) is 43.5 Å². The van der Waals surface area contributed by atoms with Gasteiger partial charge in [-0.15, -0.1) is 0 Å². The lowest BCUT2D eigenvalue weighted by molar-refractivity contribution is -0.141. The summed E-state index contributed by atoms with van der Waals surface area (Å²) in [4.78, 5) is 53.6. The van der Waals surface area contributed by atoms with Crippen molar-refractivity contribution in [2.24, 2.45) is 0 Å². The second-order valence-corrected chi connectivity index (χ2v) is 8.02. The minimum atomic E-state index is -0.750. The normalized spacial score (nSPS) is 20.2. The maximum absolute atomic E-state index is 13.3. The highest BCUT2D eigenvalue weighted by Gasteiger charge is 2.46. The Hall–Kier alpha value is -2.70. The molecule has 1 atom stereocenters. The third kappa shape index (κ3) is 4.55. The van der Waals surface area contributed by atoms with E-state index in [0.29, 0.717) is 24.1 Å². The molecule has 1 heterocycles. The molecule has 0 aromatic heterocycles. The van der Waals surface area contributed by atoms with E-state index in [4.69, 9.17) is 0 Å². The van der Waals surface area contributed by atoms with Crippen molar-refractivity contribution in [2.45, 2.75) is 76.8 Å². The van der Waals surface area contributed by atoms with Crippen molar-refractivity contribution in [3.8, 4) is 0 Å². The molecular weight excluding hydrogens is 384 g/mol. The van der Waals surface area contributed by atoms with Crippen LogP contribution in [0.15, 0.2) is 24.3 Å². The van der Waals surface area contributed by atoms with Gasteiger partial charge >= 0.3 is 5.97 Å². The summed E-state index contributed by atoms with van der Waals surface area (Å²) in [6.07, 6.45) is 7.19. The largest absolute Gasteiger partial charge is 0.465 e. The molecule has 1 aromatic rings. The summed E-state index contributed by atoms with van der Waals surface area (Å²) in [5.74, 6) is -1.21. The lowest BCUT2D eigenvalue weighted by Gasteiger charge is -2.35. The number of esters is 1. The van der Waals surface area contributed by atoms with Crippen LogP contribution in [0.3, 0.4) is 0 Å². The Morgan fingerprint density at radius 1 is 1.07 bits per heavy atom. The van der Waals surface area contributed by atoms with Crippen LogP contribution in [0.1, 0.15) is 75.1 Å². The predicted octanol–water partition coefficient (Wildman–Crippen LogP) is 3.46. The Balaban J connectivity index is 1.85. The van der Waals surface area contributed by atoms with Gasteiger partial charge in [0.15, 0.2) is 0 Å². The maximum atomic E-state index is 13.3. The van der Waals surface area contributed by atoms with Gasteiger partial charge in [0.25, 0.3) is 5.91 Å². The van der Waals surface area contributed by atoms with Gasteiger partial charge in [-0.1, -0.05) is 32.6 Å².